The molecule has 0 amide bonds. The molecular formula is C17H27N3. The highest BCUT2D eigenvalue weighted by Gasteiger charge is 2.28. The van der Waals surface area contributed by atoms with Crippen LogP contribution in [-0.4, -0.2) is 48.6 Å². The summed E-state index contributed by atoms with van der Waals surface area (Å²) in [4.78, 5) is 5.29. The summed E-state index contributed by atoms with van der Waals surface area (Å²) in [5.41, 5.74) is 7.56. The van der Waals surface area contributed by atoms with Crippen molar-refractivity contribution in [2.45, 2.75) is 37.8 Å². The summed E-state index contributed by atoms with van der Waals surface area (Å²) in [6, 6.07) is 11.5. The Bertz CT molecular complexity index is 400. The molecule has 2 aliphatic rings. The first-order valence-electron chi connectivity index (χ1n) is 8.10. The van der Waals surface area contributed by atoms with Crippen LogP contribution in [0.25, 0.3) is 0 Å². The summed E-state index contributed by atoms with van der Waals surface area (Å²) in [6.45, 7) is 6.29. The van der Waals surface area contributed by atoms with Gasteiger partial charge in [-0.05, 0) is 50.9 Å². The van der Waals surface area contributed by atoms with Crippen LogP contribution in [0.1, 0.15) is 37.3 Å². The lowest BCUT2D eigenvalue weighted by atomic mass is 10.0. The van der Waals surface area contributed by atoms with E-state index in [0.29, 0.717) is 0 Å². The quantitative estimate of drug-likeness (QED) is 0.893. The molecule has 0 bridgehead atoms. The van der Waals surface area contributed by atoms with E-state index < -0.39 is 0 Å². The van der Waals surface area contributed by atoms with Gasteiger partial charge in [0.15, 0.2) is 0 Å². The van der Waals surface area contributed by atoms with E-state index in [9.17, 15) is 0 Å². The normalized spacial score (nSPS) is 26.1. The van der Waals surface area contributed by atoms with Gasteiger partial charge in [0, 0.05) is 25.2 Å². The summed E-state index contributed by atoms with van der Waals surface area (Å²) in [6.07, 6.45) is 5.21. The highest BCUT2D eigenvalue weighted by Crippen LogP contribution is 2.21. The Labute approximate surface area is 122 Å². The Morgan fingerprint density at radius 2 is 1.85 bits per heavy atom. The van der Waals surface area contributed by atoms with Gasteiger partial charge >= 0.3 is 0 Å². The van der Waals surface area contributed by atoms with E-state index in [1.54, 1.807) is 0 Å². The van der Waals surface area contributed by atoms with E-state index >= 15 is 0 Å². The summed E-state index contributed by atoms with van der Waals surface area (Å²) in [5.74, 6) is 0. The maximum absolute atomic E-state index is 6.29. The third-order valence-corrected chi connectivity index (χ3v) is 4.89. The van der Waals surface area contributed by atoms with Crippen molar-refractivity contribution in [1.82, 2.24) is 9.80 Å². The molecule has 110 valence electrons. The van der Waals surface area contributed by atoms with Gasteiger partial charge in [0.05, 0.1) is 0 Å². The van der Waals surface area contributed by atoms with Crippen molar-refractivity contribution >= 4 is 0 Å². The molecule has 20 heavy (non-hydrogen) atoms. The lowest BCUT2D eigenvalue weighted by Gasteiger charge is -2.24. The van der Waals surface area contributed by atoms with Crippen molar-refractivity contribution in [3.63, 3.8) is 0 Å². The largest absolute Gasteiger partial charge is 0.324 e. The van der Waals surface area contributed by atoms with E-state index in [2.05, 4.69) is 40.1 Å². The van der Waals surface area contributed by atoms with Crippen LogP contribution >= 0.6 is 0 Å². The van der Waals surface area contributed by atoms with Gasteiger partial charge in [-0.1, -0.05) is 30.3 Å². The minimum atomic E-state index is 0.182. The molecule has 0 aliphatic carbocycles. The molecule has 1 aromatic rings. The molecule has 2 N–H and O–H groups in total. The van der Waals surface area contributed by atoms with Gasteiger partial charge in [-0.15, -0.1) is 0 Å². The van der Waals surface area contributed by atoms with Crippen LogP contribution in [-0.2, 0) is 0 Å². The first-order valence-corrected chi connectivity index (χ1v) is 8.10. The first-order chi connectivity index (χ1) is 9.83. The number of benzene rings is 1. The molecule has 2 atom stereocenters. The molecule has 0 spiro atoms. The summed E-state index contributed by atoms with van der Waals surface area (Å²) in [5, 5.41) is 0. The standard InChI is InChI=1S/C17H27N3/c18-17(15-6-2-1-3-7-15)9-13-19-12-8-16(14-19)20-10-4-5-11-20/h1-3,6-7,16-17H,4-5,8-14,18H2. The van der Waals surface area contributed by atoms with Crippen LogP contribution in [0.5, 0.6) is 0 Å². The molecule has 2 unspecified atom stereocenters. The van der Waals surface area contributed by atoms with Crippen molar-refractivity contribution in [2.75, 3.05) is 32.7 Å². The molecule has 1 aromatic carbocycles. The molecule has 3 heteroatoms. The van der Waals surface area contributed by atoms with Gasteiger partial charge in [0.2, 0.25) is 0 Å². The van der Waals surface area contributed by atoms with Gasteiger partial charge in [0.1, 0.15) is 0 Å². The molecule has 2 heterocycles. The molecule has 3 nitrogen and oxygen atoms in total. The second kappa shape index (κ2) is 6.70. The second-order valence-electron chi connectivity index (χ2n) is 6.29. The number of hydrogen-bond donors (Lipinski definition) is 1. The fourth-order valence-corrected chi connectivity index (χ4v) is 3.61. The van der Waals surface area contributed by atoms with Crippen LogP contribution in [0.3, 0.4) is 0 Å². The Hall–Kier alpha value is -0.900. The van der Waals surface area contributed by atoms with Crippen LogP contribution < -0.4 is 5.73 Å². The average molecular weight is 273 g/mol. The zero-order chi connectivity index (χ0) is 13.8. The van der Waals surface area contributed by atoms with Crippen molar-refractivity contribution in [1.29, 1.82) is 0 Å². The number of nitrogens with two attached hydrogens (primary N) is 1. The Balaban J connectivity index is 1.43. The molecular weight excluding hydrogens is 246 g/mol. The van der Waals surface area contributed by atoms with Crippen LogP contribution in [0.15, 0.2) is 30.3 Å². The number of likely N-dealkylation sites (tertiary alicyclic amines) is 2. The van der Waals surface area contributed by atoms with Gasteiger partial charge in [0.25, 0.3) is 0 Å². The highest BCUT2D eigenvalue weighted by atomic mass is 15.3. The minimum Gasteiger partial charge on any atom is -0.324 e. The topological polar surface area (TPSA) is 32.5 Å². The molecule has 2 fully saturated rings. The Kier molecular flexibility index (Phi) is 4.71. The van der Waals surface area contributed by atoms with Gasteiger partial charge in [-0.25, -0.2) is 0 Å². The Morgan fingerprint density at radius 1 is 1.10 bits per heavy atom. The van der Waals surface area contributed by atoms with Crippen molar-refractivity contribution in [3.05, 3.63) is 35.9 Å². The molecule has 2 saturated heterocycles. The van der Waals surface area contributed by atoms with Crippen LogP contribution in [0.4, 0.5) is 0 Å². The van der Waals surface area contributed by atoms with Crippen molar-refractivity contribution in [2.24, 2.45) is 5.73 Å². The van der Waals surface area contributed by atoms with Crippen molar-refractivity contribution < 1.29 is 0 Å². The molecule has 0 aromatic heterocycles. The van der Waals surface area contributed by atoms with Crippen LogP contribution in [0.2, 0.25) is 0 Å². The maximum atomic E-state index is 6.29. The molecule has 2 aliphatic heterocycles. The summed E-state index contributed by atoms with van der Waals surface area (Å²) >= 11 is 0. The fourth-order valence-electron chi connectivity index (χ4n) is 3.61. The van der Waals surface area contributed by atoms with E-state index in [1.807, 2.05) is 0 Å². The van der Waals surface area contributed by atoms with E-state index in [0.717, 1.165) is 19.0 Å². The minimum absolute atomic E-state index is 0.182. The third kappa shape index (κ3) is 3.40. The predicted molar refractivity (Wildman–Crippen MR) is 83.6 cm³/mol. The van der Waals surface area contributed by atoms with Gasteiger partial charge < -0.3 is 10.6 Å². The number of rotatable bonds is 5. The van der Waals surface area contributed by atoms with Gasteiger partial charge in [-0.3, -0.25) is 4.90 Å². The lowest BCUT2D eigenvalue weighted by molar-refractivity contribution is 0.230. The summed E-state index contributed by atoms with van der Waals surface area (Å²) in [7, 11) is 0. The maximum Gasteiger partial charge on any atom is 0.0307 e. The number of hydrogen-bond acceptors (Lipinski definition) is 3. The van der Waals surface area contributed by atoms with E-state index in [4.69, 9.17) is 5.73 Å². The fraction of sp³-hybridized carbons (Fsp3) is 0.647. The lowest BCUT2D eigenvalue weighted by Crippen LogP contribution is -2.35. The van der Waals surface area contributed by atoms with Gasteiger partial charge in [-0.2, -0.15) is 0 Å². The predicted octanol–water partition coefficient (Wildman–Crippen LogP) is 2.25. The van der Waals surface area contributed by atoms with E-state index in [-0.39, 0.29) is 6.04 Å². The third-order valence-electron chi connectivity index (χ3n) is 4.89. The molecule has 0 radical (unpaired) electrons. The Morgan fingerprint density at radius 3 is 2.60 bits per heavy atom. The number of nitrogens with zero attached hydrogens (tertiary/aromatic N) is 2. The monoisotopic (exact) mass is 273 g/mol. The zero-order valence-corrected chi connectivity index (χ0v) is 12.4. The van der Waals surface area contributed by atoms with E-state index in [1.165, 1.54) is 51.0 Å². The molecule has 0 saturated carbocycles. The summed E-state index contributed by atoms with van der Waals surface area (Å²) < 4.78 is 0. The zero-order valence-electron chi connectivity index (χ0n) is 12.4. The average Bonchev–Trinajstić information content (AvgIpc) is 3.16. The molecule has 3 rings (SSSR count). The SMILES string of the molecule is NC(CCN1CCC(N2CCCC2)C1)c1ccccc1. The van der Waals surface area contributed by atoms with Crippen molar-refractivity contribution in [3.8, 4) is 0 Å². The first kappa shape index (κ1) is 14.1. The highest BCUT2D eigenvalue weighted by molar-refractivity contribution is 5.18. The second-order valence-corrected chi connectivity index (χ2v) is 6.29. The van der Waals surface area contributed by atoms with Crippen LogP contribution in [0, 0.1) is 0 Å². The smallest absolute Gasteiger partial charge is 0.0307 e.